The standard InChI is InChI=1S/C19H16Cl2FNO/c20-14-5-7-16(17(21)11-14)19-8-6-15(24-19)12-23-10-9-13-3-1-2-4-18(13)22/h1-8,11,23H,9-10,12H2. The first-order chi connectivity index (χ1) is 11.6. The molecule has 0 atom stereocenters. The molecule has 3 rings (SSSR count). The number of nitrogens with one attached hydrogen (secondary N) is 1. The van der Waals surface area contributed by atoms with Crippen LogP contribution in [-0.4, -0.2) is 6.54 Å². The molecule has 0 aliphatic carbocycles. The molecule has 0 aliphatic rings. The van der Waals surface area contributed by atoms with Gasteiger partial charge in [-0.2, -0.15) is 0 Å². The third-order valence-corrected chi connectivity index (χ3v) is 4.23. The maximum atomic E-state index is 13.5. The summed E-state index contributed by atoms with van der Waals surface area (Å²) in [6.45, 7) is 1.23. The Labute approximate surface area is 150 Å². The van der Waals surface area contributed by atoms with E-state index in [2.05, 4.69) is 5.32 Å². The number of halogens is 3. The highest BCUT2D eigenvalue weighted by Crippen LogP contribution is 2.31. The molecule has 5 heteroatoms. The average molecular weight is 364 g/mol. The summed E-state index contributed by atoms with van der Waals surface area (Å²) in [5.41, 5.74) is 1.51. The molecule has 0 unspecified atom stereocenters. The van der Waals surface area contributed by atoms with Gasteiger partial charge in [0.25, 0.3) is 0 Å². The minimum absolute atomic E-state index is 0.169. The van der Waals surface area contributed by atoms with E-state index in [1.165, 1.54) is 6.07 Å². The monoisotopic (exact) mass is 363 g/mol. The van der Waals surface area contributed by atoms with Gasteiger partial charge in [0.2, 0.25) is 0 Å². The Kier molecular flexibility index (Phi) is 5.56. The normalized spacial score (nSPS) is 11.0. The van der Waals surface area contributed by atoms with Crippen molar-refractivity contribution in [2.45, 2.75) is 13.0 Å². The Morgan fingerprint density at radius 1 is 1.00 bits per heavy atom. The van der Waals surface area contributed by atoms with Crippen LogP contribution in [0.15, 0.2) is 59.0 Å². The number of benzene rings is 2. The fraction of sp³-hybridized carbons (Fsp3) is 0.158. The Bertz CT molecular complexity index is 832. The zero-order valence-corrected chi connectivity index (χ0v) is 14.4. The molecule has 124 valence electrons. The van der Waals surface area contributed by atoms with Gasteiger partial charge in [0.1, 0.15) is 17.3 Å². The molecule has 3 aromatic rings. The molecular weight excluding hydrogens is 348 g/mol. The summed E-state index contributed by atoms with van der Waals surface area (Å²) in [6.07, 6.45) is 0.628. The minimum Gasteiger partial charge on any atom is -0.460 e. The lowest BCUT2D eigenvalue weighted by molar-refractivity contribution is 0.493. The second kappa shape index (κ2) is 7.84. The molecule has 0 radical (unpaired) electrons. The van der Waals surface area contributed by atoms with Gasteiger partial charge in [-0.05, 0) is 54.9 Å². The quantitative estimate of drug-likeness (QED) is 0.566. The zero-order valence-electron chi connectivity index (χ0n) is 12.9. The summed E-state index contributed by atoms with van der Waals surface area (Å²) in [7, 11) is 0. The molecule has 0 saturated heterocycles. The van der Waals surface area contributed by atoms with E-state index in [4.69, 9.17) is 27.6 Å². The Hall–Kier alpha value is -1.81. The van der Waals surface area contributed by atoms with Crippen LogP contribution in [-0.2, 0) is 13.0 Å². The molecular formula is C19H16Cl2FNO. The van der Waals surface area contributed by atoms with Crippen molar-refractivity contribution in [2.24, 2.45) is 0 Å². The molecule has 0 fully saturated rings. The summed E-state index contributed by atoms with van der Waals surface area (Å²) in [5, 5.41) is 4.39. The van der Waals surface area contributed by atoms with Gasteiger partial charge in [0.15, 0.2) is 0 Å². The molecule has 0 spiro atoms. The first kappa shape index (κ1) is 17.0. The van der Waals surface area contributed by atoms with Crippen molar-refractivity contribution in [2.75, 3.05) is 6.54 Å². The van der Waals surface area contributed by atoms with Gasteiger partial charge in [0, 0.05) is 10.6 Å². The Morgan fingerprint density at radius 3 is 2.62 bits per heavy atom. The minimum atomic E-state index is -0.169. The van der Waals surface area contributed by atoms with E-state index in [9.17, 15) is 4.39 Å². The smallest absolute Gasteiger partial charge is 0.135 e. The van der Waals surface area contributed by atoms with Crippen LogP contribution in [0.25, 0.3) is 11.3 Å². The highest BCUT2D eigenvalue weighted by atomic mass is 35.5. The predicted octanol–water partition coefficient (Wildman–Crippen LogP) is 5.72. The highest BCUT2D eigenvalue weighted by Gasteiger charge is 2.09. The number of hydrogen-bond donors (Lipinski definition) is 1. The first-order valence-electron chi connectivity index (χ1n) is 7.62. The molecule has 0 amide bonds. The van der Waals surface area contributed by atoms with E-state index in [1.54, 1.807) is 24.3 Å². The lowest BCUT2D eigenvalue weighted by atomic mass is 10.1. The van der Waals surface area contributed by atoms with Gasteiger partial charge in [-0.15, -0.1) is 0 Å². The largest absolute Gasteiger partial charge is 0.460 e. The predicted molar refractivity (Wildman–Crippen MR) is 96.0 cm³/mol. The van der Waals surface area contributed by atoms with E-state index >= 15 is 0 Å². The van der Waals surface area contributed by atoms with Gasteiger partial charge in [-0.1, -0.05) is 41.4 Å². The number of hydrogen-bond acceptors (Lipinski definition) is 2. The van der Waals surface area contributed by atoms with E-state index < -0.39 is 0 Å². The van der Waals surface area contributed by atoms with Crippen LogP contribution in [0, 0.1) is 5.82 Å². The summed E-state index contributed by atoms with van der Waals surface area (Å²) < 4.78 is 19.3. The highest BCUT2D eigenvalue weighted by molar-refractivity contribution is 6.36. The van der Waals surface area contributed by atoms with Crippen molar-refractivity contribution in [1.29, 1.82) is 0 Å². The van der Waals surface area contributed by atoms with Crippen LogP contribution in [0.2, 0.25) is 10.0 Å². The summed E-state index contributed by atoms with van der Waals surface area (Å²) >= 11 is 12.1. The molecule has 0 bridgehead atoms. The molecule has 0 aliphatic heterocycles. The van der Waals surface area contributed by atoms with Gasteiger partial charge < -0.3 is 9.73 Å². The van der Waals surface area contributed by atoms with Crippen LogP contribution in [0.3, 0.4) is 0 Å². The molecule has 1 aromatic heterocycles. The first-order valence-corrected chi connectivity index (χ1v) is 8.37. The molecule has 2 nitrogen and oxygen atoms in total. The van der Waals surface area contributed by atoms with Crippen LogP contribution in [0.5, 0.6) is 0 Å². The number of furan rings is 1. The lowest BCUT2D eigenvalue weighted by Crippen LogP contribution is -2.16. The van der Waals surface area contributed by atoms with Crippen molar-refractivity contribution >= 4 is 23.2 Å². The Balaban J connectivity index is 1.56. The molecule has 1 N–H and O–H groups in total. The maximum absolute atomic E-state index is 13.5. The summed E-state index contributed by atoms with van der Waals surface area (Å²) in [4.78, 5) is 0. The van der Waals surface area contributed by atoms with E-state index in [-0.39, 0.29) is 5.82 Å². The van der Waals surface area contributed by atoms with Crippen molar-refractivity contribution in [3.8, 4) is 11.3 Å². The fourth-order valence-corrected chi connectivity index (χ4v) is 2.94. The van der Waals surface area contributed by atoms with Gasteiger partial charge in [-0.3, -0.25) is 0 Å². The van der Waals surface area contributed by atoms with Crippen LogP contribution in [0.4, 0.5) is 4.39 Å². The zero-order chi connectivity index (χ0) is 16.9. The lowest BCUT2D eigenvalue weighted by Gasteiger charge is -2.05. The SMILES string of the molecule is Fc1ccccc1CCNCc1ccc(-c2ccc(Cl)cc2Cl)o1. The molecule has 1 heterocycles. The maximum Gasteiger partial charge on any atom is 0.135 e. The fourth-order valence-electron chi connectivity index (χ4n) is 2.44. The van der Waals surface area contributed by atoms with Crippen LogP contribution >= 0.6 is 23.2 Å². The molecule has 0 saturated carbocycles. The van der Waals surface area contributed by atoms with Crippen LogP contribution in [0.1, 0.15) is 11.3 Å². The molecule has 2 aromatic carbocycles. The third-order valence-electron chi connectivity index (χ3n) is 3.69. The second-order valence-corrected chi connectivity index (χ2v) is 6.25. The van der Waals surface area contributed by atoms with E-state index in [0.29, 0.717) is 40.9 Å². The number of rotatable bonds is 6. The van der Waals surface area contributed by atoms with Crippen molar-refractivity contribution in [3.63, 3.8) is 0 Å². The molecule has 24 heavy (non-hydrogen) atoms. The topological polar surface area (TPSA) is 25.2 Å². The van der Waals surface area contributed by atoms with Crippen molar-refractivity contribution in [1.82, 2.24) is 5.32 Å². The van der Waals surface area contributed by atoms with Gasteiger partial charge >= 0.3 is 0 Å². The summed E-state index contributed by atoms with van der Waals surface area (Å²) in [6, 6.07) is 15.9. The third kappa shape index (κ3) is 4.18. The van der Waals surface area contributed by atoms with Crippen LogP contribution < -0.4 is 5.32 Å². The average Bonchev–Trinajstić information content (AvgIpc) is 3.01. The van der Waals surface area contributed by atoms with Crippen molar-refractivity contribution in [3.05, 3.63) is 81.8 Å². The van der Waals surface area contributed by atoms with E-state index in [1.807, 2.05) is 24.3 Å². The second-order valence-electron chi connectivity index (χ2n) is 5.41. The van der Waals surface area contributed by atoms with Gasteiger partial charge in [0.05, 0.1) is 11.6 Å². The van der Waals surface area contributed by atoms with Crippen molar-refractivity contribution < 1.29 is 8.81 Å². The van der Waals surface area contributed by atoms with E-state index in [0.717, 1.165) is 11.3 Å². The Morgan fingerprint density at radius 2 is 1.83 bits per heavy atom. The van der Waals surface area contributed by atoms with Gasteiger partial charge in [-0.25, -0.2) is 4.39 Å². The summed E-state index contributed by atoms with van der Waals surface area (Å²) in [5.74, 6) is 1.32.